The molecule has 3 heterocycles. The van der Waals surface area contributed by atoms with Crippen molar-refractivity contribution in [2.75, 3.05) is 39.3 Å². The van der Waals surface area contributed by atoms with Crippen LogP contribution >= 0.6 is 11.6 Å². The summed E-state index contributed by atoms with van der Waals surface area (Å²) in [5.41, 5.74) is 0.672. The Bertz CT molecular complexity index is 487. The molecule has 0 spiro atoms. The molecule has 0 aromatic carbocycles. The molecule has 3 rings (SSSR count). The first-order valence-corrected chi connectivity index (χ1v) is 7.59. The highest BCUT2D eigenvalue weighted by Gasteiger charge is 2.28. The summed E-state index contributed by atoms with van der Waals surface area (Å²) in [7, 11) is 1.86. The third kappa shape index (κ3) is 2.71. The molecular formula is C14H21ClN4O. The highest BCUT2D eigenvalue weighted by atomic mass is 35.5. The molecule has 6 heteroatoms. The number of rotatable bonds is 2. The van der Waals surface area contributed by atoms with Crippen LogP contribution in [0.1, 0.15) is 16.9 Å². The molecule has 1 aromatic heterocycles. The average Bonchev–Trinajstić information content (AvgIpc) is 3.08. The van der Waals surface area contributed by atoms with Crippen LogP contribution in [0.5, 0.6) is 0 Å². The molecule has 2 aliphatic rings. The molecular weight excluding hydrogens is 276 g/mol. The molecule has 1 amide bonds. The fraction of sp³-hybridized carbons (Fsp3) is 0.643. The molecule has 20 heavy (non-hydrogen) atoms. The Balaban J connectivity index is 1.60. The lowest BCUT2D eigenvalue weighted by atomic mass is 10.2. The topological polar surface area (TPSA) is 40.5 Å². The number of aryl methyl sites for hydroxylation is 1. The third-order valence-electron chi connectivity index (χ3n) is 4.34. The van der Waals surface area contributed by atoms with E-state index in [9.17, 15) is 4.79 Å². The minimum Gasteiger partial charge on any atom is -0.345 e. The van der Waals surface area contributed by atoms with Crippen molar-refractivity contribution >= 4 is 17.5 Å². The van der Waals surface area contributed by atoms with Gasteiger partial charge in [0.05, 0.1) is 5.02 Å². The minimum atomic E-state index is 0.0867. The minimum absolute atomic E-state index is 0.0867. The van der Waals surface area contributed by atoms with E-state index in [1.807, 2.05) is 11.9 Å². The van der Waals surface area contributed by atoms with Gasteiger partial charge in [-0.2, -0.15) is 0 Å². The molecule has 0 radical (unpaired) electrons. The highest BCUT2D eigenvalue weighted by molar-refractivity contribution is 6.31. The summed E-state index contributed by atoms with van der Waals surface area (Å²) in [5.74, 6) is 0.0867. The molecule has 2 fully saturated rings. The van der Waals surface area contributed by atoms with Crippen molar-refractivity contribution in [3.8, 4) is 0 Å². The van der Waals surface area contributed by atoms with Gasteiger partial charge >= 0.3 is 0 Å². The lowest BCUT2D eigenvalue weighted by Crippen LogP contribution is -2.52. The fourth-order valence-corrected chi connectivity index (χ4v) is 3.39. The van der Waals surface area contributed by atoms with Crippen LogP contribution in [-0.4, -0.2) is 65.6 Å². The predicted octanol–water partition coefficient (Wildman–Crippen LogP) is 0.798. The van der Waals surface area contributed by atoms with Crippen molar-refractivity contribution in [1.29, 1.82) is 0 Å². The van der Waals surface area contributed by atoms with Gasteiger partial charge in [0.2, 0.25) is 0 Å². The molecule has 1 atom stereocenters. The SMILES string of the molecule is Cn1cc(Cl)cc1C(=O)N1CCN(C2CCNC2)CC1. The highest BCUT2D eigenvalue weighted by Crippen LogP contribution is 2.17. The molecule has 0 aliphatic carbocycles. The van der Waals surface area contributed by atoms with Gasteiger partial charge in [-0.1, -0.05) is 11.6 Å². The van der Waals surface area contributed by atoms with Crippen LogP contribution in [-0.2, 0) is 7.05 Å². The van der Waals surface area contributed by atoms with Gasteiger partial charge in [-0.3, -0.25) is 9.69 Å². The van der Waals surface area contributed by atoms with Crippen LogP contribution in [0.4, 0.5) is 0 Å². The second kappa shape index (κ2) is 5.76. The van der Waals surface area contributed by atoms with Crippen LogP contribution < -0.4 is 5.32 Å². The third-order valence-corrected chi connectivity index (χ3v) is 4.55. The molecule has 1 unspecified atom stereocenters. The summed E-state index contributed by atoms with van der Waals surface area (Å²) in [6.07, 6.45) is 3.00. The van der Waals surface area contributed by atoms with Crippen LogP contribution in [0.15, 0.2) is 12.3 Å². The second-order valence-electron chi connectivity index (χ2n) is 5.63. The van der Waals surface area contributed by atoms with E-state index in [0.717, 1.165) is 39.3 Å². The summed E-state index contributed by atoms with van der Waals surface area (Å²) in [5, 5.41) is 4.02. The molecule has 0 saturated carbocycles. The molecule has 2 saturated heterocycles. The molecule has 1 aromatic rings. The zero-order chi connectivity index (χ0) is 14.1. The molecule has 110 valence electrons. The maximum Gasteiger partial charge on any atom is 0.270 e. The van der Waals surface area contributed by atoms with E-state index in [4.69, 9.17) is 11.6 Å². The monoisotopic (exact) mass is 296 g/mol. The number of amides is 1. The van der Waals surface area contributed by atoms with Crippen molar-refractivity contribution < 1.29 is 4.79 Å². The number of hydrogen-bond donors (Lipinski definition) is 1. The van der Waals surface area contributed by atoms with Gasteiger partial charge < -0.3 is 14.8 Å². The van der Waals surface area contributed by atoms with Crippen LogP contribution in [0, 0.1) is 0 Å². The number of piperazine rings is 1. The van der Waals surface area contributed by atoms with Gasteiger partial charge in [-0.25, -0.2) is 0 Å². The lowest BCUT2D eigenvalue weighted by Gasteiger charge is -2.37. The summed E-state index contributed by atoms with van der Waals surface area (Å²) < 4.78 is 1.80. The normalized spacial score (nSPS) is 24.3. The first-order chi connectivity index (χ1) is 9.65. The van der Waals surface area contributed by atoms with Gasteiger partial charge in [0.25, 0.3) is 5.91 Å². The van der Waals surface area contributed by atoms with Crippen LogP contribution in [0.3, 0.4) is 0 Å². The molecule has 2 aliphatic heterocycles. The first-order valence-electron chi connectivity index (χ1n) is 7.21. The molecule has 1 N–H and O–H groups in total. The lowest BCUT2D eigenvalue weighted by molar-refractivity contribution is 0.0575. The number of nitrogens with one attached hydrogen (secondary N) is 1. The Kier molecular flexibility index (Phi) is 4.01. The summed E-state index contributed by atoms with van der Waals surface area (Å²) in [6, 6.07) is 2.40. The van der Waals surface area contributed by atoms with Gasteiger partial charge in [0.1, 0.15) is 5.69 Å². The zero-order valence-corrected chi connectivity index (χ0v) is 12.6. The Morgan fingerprint density at radius 1 is 1.35 bits per heavy atom. The quantitative estimate of drug-likeness (QED) is 0.878. The number of nitrogens with zero attached hydrogens (tertiary/aromatic N) is 3. The van der Waals surface area contributed by atoms with E-state index in [-0.39, 0.29) is 5.91 Å². The predicted molar refractivity (Wildman–Crippen MR) is 79.2 cm³/mol. The smallest absolute Gasteiger partial charge is 0.270 e. The second-order valence-corrected chi connectivity index (χ2v) is 6.07. The fourth-order valence-electron chi connectivity index (χ4n) is 3.14. The van der Waals surface area contributed by atoms with E-state index in [1.165, 1.54) is 6.42 Å². The Labute approximate surface area is 124 Å². The maximum absolute atomic E-state index is 12.5. The van der Waals surface area contributed by atoms with Crippen molar-refractivity contribution in [3.05, 3.63) is 23.0 Å². The number of aromatic nitrogens is 1. The number of halogens is 1. The van der Waals surface area contributed by atoms with E-state index in [2.05, 4.69) is 10.2 Å². The van der Waals surface area contributed by atoms with Crippen molar-refractivity contribution in [2.24, 2.45) is 7.05 Å². The zero-order valence-electron chi connectivity index (χ0n) is 11.8. The van der Waals surface area contributed by atoms with Crippen molar-refractivity contribution in [2.45, 2.75) is 12.5 Å². The Morgan fingerprint density at radius 3 is 2.65 bits per heavy atom. The van der Waals surface area contributed by atoms with E-state index < -0.39 is 0 Å². The summed E-state index contributed by atoms with van der Waals surface area (Å²) >= 11 is 5.95. The van der Waals surface area contributed by atoms with Crippen LogP contribution in [0.25, 0.3) is 0 Å². The van der Waals surface area contributed by atoms with Crippen molar-refractivity contribution in [1.82, 2.24) is 19.7 Å². The van der Waals surface area contributed by atoms with E-state index in [0.29, 0.717) is 16.8 Å². The first kappa shape index (κ1) is 13.9. The van der Waals surface area contributed by atoms with Gasteiger partial charge in [-0.15, -0.1) is 0 Å². The van der Waals surface area contributed by atoms with E-state index in [1.54, 1.807) is 16.8 Å². The number of hydrogen-bond acceptors (Lipinski definition) is 3. The standard InChI is InChI=1S/C14H21ClN4O/c1-17-10-11(15)8-13(17)14(20)19-6-4-18(5-7-19)12-2-3-16-9-12/h8,10,12,16H,2-7,9H2,1H3. The van der Waals surface area contributed by atoms with Gasteiger partial charge in [0.15, 0.2) is 0 Å². The molecule has 0 bridgehead atoms. The largest absolute Gasteiger partial charge is 0.345 e. The van der Waals surface area contributed by atoms with E-state index >= 15 is 0 Å². The number of carbonyl (C=O) groups is 1. The maximum atomic E-state index is 12.5. The van der Waals surface area contributed by atoms with Gasteiger partial charge in [0, 0.05) is 52.0 Å². The summed E-state index contributed by atoms with van der Waals surface area (Å²) in [4.78, 5) is 16.9. The van der Waals surface area contributed by atoms with Crippen LogP contribution in [0.2, 0.25) is 5.02 Å². The Hall–Kier alpha value is -1.04. The van der Waals surface area contributed by atoms with Crippen molar-refractivity contribution in [3.63, 3.8) is 0 Å². The number of carbonyl (C=O) groups excluding carboxylic acids is 1. The summed E-state index contributed by atoms with van der Waals surface area (Å²) in [6.45, 7) is 5.75. The molecule has 5 nitrogen and oxygen atoms in total. The van der Waals surface area contributed by atoms with Gasteiger partial charge in [-0.05, 0) is 19.0 Å². The average molecular weight is 297 g/mol. The Morgan fingerprint density at radius 2 is 2.10 bits per heavy atom.